The molecule has 98 valence electrons. The Kier molecular flexibility index (Phi) is 3.73. The van der Waals surface area contributed by atoms with Gasteiger partial charge in [0.05, 0.1) is 0 Å². The van der Waals surface area contributed by atoms with E-state index in [9.17, 15) is 0 Å². The maximum atomic E-state index is 6.27. The SMILES string of the molecule is NC1CCCC2CN(Cc3cccc(Br)c3)CC12. The van der Waals surface area contributed by atoms with E-state index in [1.165, 1.54) is 42.4 Å². The molecule has 2 aliphatic rings. The van der Waals surface area contributed by atoms with Crippen LogP contribution in [0.2, 0.25) is 0 Å². The Balaban J connectivity index is 1.65. The van der Waals surface area contributed by atoms with E-state index in [0.717, 1.165) is 18.4 Å². The molecule has 3 heteroatoms. The minimum Gasteiger partial charge on any atom is -0.327 e. The highest BCUT2D eigenvalue weighted by molar-refractivity contribution is 9.10. The van der Waals surface area contributed by atoms with Gasteiger partial charge in [-0.2, -0.15) is 0 Å². The lowest BCUT2D eigenvalue weighted by Crippen LogP contribution is -2.38. The molecule has 2 fully saturated rings. The van der Waals surface area contributed by atoms with Crippen LogP contribution in [0.3, 0.4) is 0 Å². The molecule has 2 nitrogen and oxygen atoms in total. The minimum atomic E-state index is 0.441. The first-order valence-corrected chi connectivity index (χ1v) is 7.74. The molecular weight excluding hydrogens is 288 g/mol. The van der Waals surface area contributed by atoms with Gasteiger partial charge in [0.2, 0.25) is 0 Å². The zero-order valence-electron chi connectivity index (χ0n) is 10.7. The van der Waals surface area contributed by atoms with Crippen LogP contribution in [-0.2, 0) is 6.54 Å². The summed E-state index contributed by atoms with van der Waals surface area (Å²) >= 11 is 3.54. The monoisotopic (exact) mass is 308 g/mol. The third kappa shape index (κ3) is 2.63. The minimum absolute atomic E-state index is 0.441. The number of nitrogens with two attached hydrogens (primary N) is 1. The number of hydrogen-bond donors (Lipinski definition) is 1. The van der Waals surface area contributed by atoms with Crippen LogP contribution in [0.25, 0.3) is 0 Å². The predicted octanol–water partition coefficient (Wildman–Crippen LogP) is 3.01. The zero-order valence-corrected chi connectivity index (χ0v) is 12.3. The molecule has 2 N–H and O–H groups in total. The van der Waals surface area contributed by atoms with E-state index in [4.69, 9.17) is 5.73 Å². The van der Waals surface area contributed by atoms with Gasteiger partial charge in [-0.25, -0.2) is 0 Å². The lowest BCUT2D eigenvalue weighted by molar-refractivity contribution is 0.259. The van der Waals surface area contributed by atoms with Gasteiger partial charge in [0.25, 0.3) is 0 Å². The fraction of sp³-hybridized carbons (Fsp3) is 0.600. The summed E-state index contributed by atoms with van der Waals surface area (Å²) in [5.41, 5.74) is 7.67. The molecule has 1 aliphatic heterocycles. The highest BCUT2D eigenvalue weighted by Gasteiger charge is 2.38. The summed E-state index contributed by atoms with van der Waals surface area (Å²) in [6.45, 7) is 3.50. The summed E-state index contributed by atoms with van der Waals surface area (Å²) in [7, 11) is 0. The van der Waals surface area contributed by atoms with Gasteiger partial charge in [0.1, 0.15) is 0 Å². The number of likely N-dealkylation sites (tertiary alicyclic amines) is 1. The Morgan fingerprint density at radius 3 is 2.94 bits per heavy atom. The summed E-state index contributed by atoms with van der Waals surface area (Å²) < 4.78 is 1.17. The first kappa shape index (κ1) is 12.6. The van der Waals surface area contributed by atoms with Crippen LogP contribution < -0.4 is 5.73 Å². The van der Waals surface area contributed by atoms with E-state index in [1.807, 2.05) is 0 Å². The van der Waals surface area contributed by atoms with E-state index >= 15 is 0 Å². The molecule has 1 saturated carbocycles. The van der Waals surface area contributed by atoms with Crippen molar-refractivity contribution < 1.29 is 0 Å². The molecule has 1 heterocycles. The molecule has 0 amide bonds. The van der Waals surface area contributed by atoms with Crippen LogP contribution >= 0.6 is 15.9 Å². The van der Waals surface area contributed by atoms with Crippen molar-refractivity contribution in [2.75, 3.05) is 13.1 Å². The fourth-order valence-corrected chi connectivity index (χ4v) is 4.08. The molecule has 3 atom stereocenters. The normalized spacial score (nSPS) is 32.4. The van der Waals surface area contributed by atoms with Gasteiger partial charge in [-0.15, -0.1) is 0 Å². The number of benzene rings is 1. The van der Waals surface area contributed by atoms with E-state index in [2.05, 4.69) is 45.1 Å². The number of fused-ring (bicyclic) bond motifs is 1. The fourth-order valence-electron chi connectivity index (χ4n) is 3.63. The average molecular weight is 309 g/mol. The quantitative estimate of drug-likeness (QED) is 0.910. The highest BCUT2D eigenvalue weighted by atomic mass is 79.9. The highest BCUT2D eigenvalue weighted by Crippen LogP contribution is 2.36. The van der Waals surface area contributed by atoms with E-state index in [-0.39, 0.29) is 0 Å². The smallest absolute Gasteiger partial charge is 0.0234 e. The van der Waals surface area contributed by atoms with Gasteiger partial charge >= 0.3 is 0 Å². The number of halogens is 1. The van der Waals surface area contributed by atoms with Crippen LogP contribution in [0.1, 0.15) is 24.8 Å². The number of hydrogen-bond acceptors (Lipinski definition) is 2. The van der Waals surface area contributed by atoms with Gasteiger partial charge in [-0.1, -0.05) is 34.5 Å². The van der Waals surface area contributed by atoms with Crippen molar-refractivity contribution in [2.45, 2.75) is 31.8 Å². The summed E-state index contributed by atoms with van der Waals surface area (Å²) in [6, 6.07) is 9.09. The number of nitrogens with zero attached hydrogens (tertiary/aromatic N) is 1. The molecular formula is C15H21BrN2. The van der Waals surface area contributed by atoms with Gasteiger partial charge in [-0.3, -0.25) is 4.90 Å². The van der Waals surface area contributed by atoms with Gasteiger partial charge < -0.3 is 5.73 Å². The van der Waals surface area contributed by atoms with Crippen LogP contribution in [0.15, 0.2) is 28.7 Å². The Morgan fingerprint density at radius 1 is 1.28 bits per heavy atom. The van der Waals surface area contributed by atoms with Gasteiger partial charge in [0.15, 0.2) is 0 Å². The van der Waals surface area contributed by atoms with Crippen LogP contribution in [-0.4, -0.2) is 24.0 Å². The molecule has 0 aromatic heterocycles. The summed E-state index contributed by atoms with van der Waals surface area (Å²) in [5.74, 6) is 1.59. The van der Waals surface area contributed by atoms with Crippen LogP contribution in [0, 0.1) is 11.8 Å². The molecule has 1 aromatic carbocycles. The van der Waals surface area contributed by atoms with E-state index in [1.54, 1.807) is 0 Å². The van der Waals surface area contributed by atoms with Crippen molar-refractivity contribution >= 4 is 15.9 Å². The van der Waals surface area contributed by atoms with Gasteiger partial charge in [0, 0.05) is 30.1 Å². The Morgan fingerprint density at radius 2 is 2.17 bits per heavy atom. The largest absolute Gasteiger partial charge is 0.327 e. The van der Waals surface area contributed by atoms with Crippen molar-refractivity contribution in [2.24, 2.45) is 17.6 Å². The summed E-state index contributed by atoms with van der Waals surface area (Å²) in [4.78, 5) is 2.59. The zero-order chi connectivity index (χ0) is 12.5. The Labute approximate surface area is 118 Å². The topological polar surface area (TPSA) is 29.3 Å². The molecule has 3 rings (SSSR count). The maximum absolute atomic E-state index is 6.27. The lowest BCUT2D eigenvalue weighted by Gasteiger charge is -2.29. The lowest BCUT2D eigenvalue weighted by atomic mass is 9.78. The second kappa shape index (κ2) is 5.32. The van der Waals surface area contributed by atoms with Crippen molar-refractivity contribution in [1.29, 1.82) is 0 Å². The summed E-state index contributed by atoms with van der Waals surface area (Å²) in [6.07, 6.45) is 3.94. The molecule has 1 aliphatic carbocycles. The average Bonchev–Trinajstić information content (AvgIpc) is 2.73. The first-order chi connectivity index (χ1) is 8.72. The molecule has 1 aromatic rings. The van der Waals surface area contributed by atoms with Gasteiger partial charge in [-0.05, 0) is 42.4 Å². The van der Waals surface area contributed by atoms with Crippen LogP contribution in [0.5, 0.6) is 0 Å². The molecule has 0 bridgehead atoms. The molecule has 0 spiro atoms. The van der Waals surface area contributed by atoms with E-state index in [0.29, 0.717) is 6.04 Å². The third-order valence-corrected chi connectivity index (χ3v) is 5.02. The second-order valence-corrected chi connectivity index (χ2v) is 6.76. The second-order valence-electron chi connectivity index (χ2n) is 5.84. The molecule has 0 radical (unpaired) electrons. The first-order valence-electron chi connectivity index (χ1n) is 6.95. The van der Waals surface area contributed by atoms with Crippen molar-refractivity contribution in [3.63, 3.8) is 0 Å². The summed E-state index contributed by atoms with van der Waals surface area (Å²) in [5, 5.41) is 0. The maximum Gasteiger partial charge on any atom is 0.0234 e. The number of rotatable bonds is 2. The standard InChI is InChI=1S/C15H21BrN2/c16-13-5-1-3-11(7-13)8-18-9-12-4-2-6-15(17)14(12)10-18/h1,3,5,7,12,14-15H,2,4,6,8-10,17H2. The predicted molar refractivity (Wildman–Crippen MR) is 78.2 cm³/mol. The van der Waals surface area contributed by atoms with Crippen molar-refractivity contribution in [1.82, 2.24) is 4.90 Å². The van der Waals surface area contributed by atoms with Crippen molar-refractivity contribution in [3.8, 4) is 0 Å². The molecule has 3 unspecified atom stereocenters. The van der Waals surface area contributed by atoms with E-state index < -0.39 is 0 Å². The third-order valence-electron chi connectivity index (χ3n) is 4.52. The molecule has 18 heavy (non-hydrogen) atoms. The van der Waals surface area contributed by atoms with Crippen LogP contribution in [0.4, 0.5) is 0 Å². The van der Waals surface area contributed by atoms with Crippen molar-refractivity contribution in [3.05, 3.63) is 34.3 Å². The Hall–Kier alpha value is -0.380. The molecule has 1 saturated heterocycles. The Bertz CT molecular complexity index is 421.